The van der Waals surface area contributed by atoms with E-state index in [0.717, 1.165) is 5.56 Å². The van der Waals surface area contributed by atoms with Gasteiger partial charge in [0.25, 0.3) is 0 Å². The third-order valence-corrected chi connectivity index (χ3v) is 6.33. The lowest BCUT2D eigenvalue weighted by molar-refractivity contribution is -0.150. The van der Waals surface area contributed by atoms with Crippen LogP contribution in [0.3, 0.4) is 0 Å². The summed E-state index contributed by atoms with van der Waals surface area (Å²) in [4.78, 5) is 53.8. The maximum absolute atomic E-state index is 13.4. The van der Waals surface area contributed by atoms with Crippen LogP contribution >= 0.6 is 46.4 Å². The first-order valence-electron chi connectivity index (χ1n) is 11.6. The van der Waals surface area contributed by atoms with Crippen LogP contribution in [0.2, 0.25) is 5.02 Å². The zero-order chi connectivity index (χ0) is 28.5. The molecule has 0 fully saturated rings. The predicted molar refractivity (Wildman–Crippen MR) is 146 cm³/mol. The van der Waals surface area contributed by atoms with E-state index in [9.17, 15) is 19.2 Å². The van der Waals surface area contributed by atoms with Crippen molar-refractivity contribution in [1.82, 2.24) is 15.1 Å². The van der Waals surface area contributed by atoms with Crippen molar-refractivity contribution in [2.75, 3.05) is 27.2 Å². The first kappa shape index (κ1) is 33.2. The quantitative estimate of drug-likeness (QED) is 0.281. The normalized spacial score (nSPS) is 14.6. The number of rotatable bonds is 12. The molecule has 0 radical (unpaired) electrons. The lowest BCUT2D eigenvalue weighted by Crippen LogP contribution is -2.55. The topological polar surface area (TPSA) is 122 Å². The Labute approximate surface area is 237 Å². The molecular weight excluding hydrogens is 566 g/mol. The van der Waals surface area contributed by atoms with Crippen LogP contribution in [-0.4, -0.2) is 82.7 Å². The third kappa shape index (κ3) is 11.2. The SMILES string of the molecule is CC[C@@H](C)[C@H](NC(=O)CN(C)C(=O)[C@@H](Cc1ccc(Cl)cc1)N(C)C(=O)[C@H](C)N)C(=O)OCC(Cl)(Cl)Cl. The Hall–Kier alpha value is -1.78. The molecule has 4 atom stereocenters. The lowest BCUT2D eigenvalue weighted by atomic mass is 9.99. The Kier molecular flexibility index (Phi) is 13.5. The Balaban J connectivity index is 3.02. The summed E-state index contributed by atoms with van der Waals surface area (Å²) in [5, 5.41) is 3.13. The second kappa shape index (κ2) is 15.0. The van der Waals surface area contributed by atoms with Gasteiger partial charge in [-0.05, 0) is 30.5 Å². The number of nitrogens with two attached hydrogens (primary N) is 1. The number of nitrogens with one attached hydrogen (secondary N) is 1. The van der Waals surface area contributed by atoms with Gasteiger partial charge in [-0.2, -0.15) is 0 Å². The highest BCUT2D eigenvalue weighted by Gasteiger charge is 2.33. The molecular formula is C24H34Cl4N4O5. The van der Waals surface area contributed by atoms with Crippen LogP contribution in [-0.2, 0) is 30.3 Å². The van der Waals surface area contributed by atoms with Crippen molar-refractivity contribution in [3.05, 3.63) is 34.9 Å². The molecule has 0 unspecified atom stereocenters. The lowest BCUT2D eigenvalue weighted by Gasteiger charge is -2.32. The molecule has 0 bridgehead atoms. The zero-order valence-electron chi connectivity index (χ0n) is 21.5. The van der Waals surface area contributed by atoms with Crippen LogP contribution in [0.1, 0.15) is 32.8 Å². The van der Waals surface area contributed by atoms with E-state index in [1.54, 1.807) is 31.2 Å². The summed E-state index contributed by atoms with van der Waals surface area (Å²) in [6.45, 7) is 4.27. The number of benzene rings is 1. The molecule has 0 heterocycles. The summed E-state index contributed by atoms with van der Waals surface area (Å²) >= 11 is 22.9. The minimum atomic E-state index is -1.80. The number of amides is 3. The molecule has 0 saturated carbocycles. The summed E-state index contributed by atoms with van der Waals surface area (Å²) in [7, 11) is 2.91. The molecule has 3 N–H and O–H groups in total. The molecule has 0 spiro atoms. The van der Waals surface area contributed by atoms with Crippen molar-refractivity contribution in [2.45, 2.75) is 55.5 Å². The number of nitrogens with zero attached hydrogens (tertiary/aromatic N) is 2. The highest BCUT2D eigenvalue weighted by Crippen LogP contribution is 2.26. The summed E-state index contributed by atoms with van der Waals surface area (Å²) < 4.78 is 3.25. The zero-order valence-corrected chi connectivity index (χ0v) is 24.5. The molecule has 1 rings (SSSR count). The fourth-order valence-electron chi connectivity index (χ4n) is 3.39. The fourth-order valence-corrected chi connectivity index (χ4v) is 3.68. The van der Waals surface area contributed by atoms with Gasteiger partial charge in [-0.15, -0.1) is 0 Å². The van der Waals surface area contributed by atoms with Crippen LogP contribution < -0.4 is 11.1 Å². The molecule has 1 aromatic rings. The van der Waals surface area contributed by atoms with E-state index in [0.29, 0.717) is 11.4 Å². The summed E-state index contributed by atoms with van der Waals surface area (Å²) in [5.74, 6) is -2.57. The molecule has 13 heteroatoms. The average Bonchev–Trinajstić information content (AvgIpc) is 2.83. The highest BCUT2D eigenvalue weighted by molar-refractivity contribution is 6.67. The van der Waals surface area contributed by atoms with E-state index in [2.05, 4.69) is 5.32 Å². The van der Waals surface area contributed by atoms with Gasteiger partial charge in [-0.3, -0.25) is 14.4 Å². The van der Waals surface area contributed by atoms with Crippen molar-refractivity contribution in [3.63, 3.8) is 0 Å². The number of carbonyl (C=O) groups excluding carboxylic acids is 4. The predicted octanol–water partition coefficient (Wildman–Crippen LogP) is 2.96. The van der Waals surface area contributed by atoms with Crippen LogP contribution in [0.25, 0.3) is 0 Å². The van der Waals surface area contributed by atoms with Crippen LogP contribution in [0, 0.1) is 5.92 Å². The Morgan fingerprint density at radius 3 is 2.11 bits per heavy atom. The van der Waals surface area contributed by atoms with Crippen molar-refractivity contribution >= 4 is 70.1 Å². The van der Waals surface area contributed by atoms with E-state index in [-0.39, 0.29) is 18.9 Å². The second-order valence-electron chi connectivity index (χ2n) is 8.93. The molecule has 0 saturated heterocycles. The van der Waals surface area contributed by atoms with Crippen molar-refractivity contribution in [2.24, 2.45) is 11.7 Å². The number of likely N-dealkylation sites (N-methyl/N-ethyl adjacent to an activating group) is 2. The summed E-state index contributed by atoms with van der Waals surface area (Å²) in [5.41, 5.74) is 6.52. The first-order valence-corrected chi connectivity index (χ1v) is 13.1. The van der Waals surface area contributed by atoms with Gasteiger partial charge in [0.2, 0.25) is 21.5 Å². The molecule has 0 aliphatic heterocycles. The van der Waals surface area contributed by atoms with Crippen molar-refractivity contribution in [3.8, 4) is 0 Å². The van der Waals surface area contributed by atoms with Gasteiger partial charge in [0, 0.05) is 25.5 Å². The Morgan fingerprint density at radius 1 is 1.05 bits per heavy atom. The molecule has 1 aromatic carbocycles. The maximum Gasteiger partial charge on any atom is 0.329 e. The maximum atomic E-state index is 13.4. The van der Waals surface area contributed by atoms with Gasteiger partial charge in [-0.1, -0.05) is 78.8 Å². The standard InChI is InChI=1S/C24H34Cl4N4O5/c1-6-14(2)20(23(36)37-13-24(26,27)28)30-19(33)12-31(4)22(35)18(32(5)21(34)15(3)29)11-16-7-9-17(25)10-8-16/h7-10,14-15,18,20H,6,11-13,29H2,1-5H3,(H,30,33)/t14-,15+,18-,20+/m1/s1. The fraction of sp³-hybridized carbons (Fsp3) is 0.583. The number of ether oxygens (including phenoxy) is 1. The monoisotopic (exact) mass is 598 g/mol. The molecule has 3 amide bonds. The Morgan fingerprint density at radius 2 is 1.62 bits per heavy atom. The number of hydrogen-bond acceptors (Lipinski definition) is 6. The average molecular weight is 600 g/mol. The second-order valence-corrected chi connectivity index (χ2v) is 11.9. The molecule has 37 heavy (non-hydrogen) atoms. The van der Waals surface area contributed by atoms with Gasteiger partial charge >= 0.3 is 5.97 Å². The smallest absolute Gasteiger partial charge is 0.329 e. The van der Waals surface area contributed by atoms with E-state index in [1.165, 1.54) is 30.8 Å². The van der Waals surface area contributed by atoms with Gasteiger partial charge in [-0.25, -0.2) is 4.79 Å². The minimum Gasteiger partial charge on any atom is -0.460 e. The number of halogens is 4. The van der Waals surface area contributed by atoms with Crippen LogP contribution in [0.15, 0.2) is 24.3 Å². The van der Waals surface area contributed by atoms with E-state index in [1.807, 2.05) is 6.92 Å². The highest BCUT2D eigenvalue weighted by atomic mass is 35.6. The number of carbonyl (C=O) groups is 4. The van der Waals surface area contributed by atoms with Crippen molar-refractivity contribution < 1.29 is 23.9 Å². The van der Waals surface area contributed by atoms with E-state index >= 15 is 0 Å². The molecule has 208 valence electrons. The van der Waals surface area contributed by atoms with E-state index < -0.39 is 52.2 Å². The minimum absolute atomic E-state index is 0.176. The van der Waals surface area contributed by atoms with Gasteiger partial charge in [0.1, 0.15) is 18.7 Å². The van der Waals surface area contributed by atoms with Crippen LogP contribution in [0.5, 0.6) is 0 Å². The number of hydrogen-bond donors (Lipinski definition) is 2. The molecule has 0 aromatic heterocycles. The number of esters is 1. The summed E-state index contributed by atoms with van der Waals surface area (Å²) in [6, 6.07) is 4.09. The molecule has 0 aliphatic carbocycles. The van der Waals surface area contributed by atoms with Crippen molar-refractivity contribution in [1.29, 1.82) is 0 Å². The third-order valence-electron chi connectivity index (χ3n) is 5.75. The van der Waals surface area contributed by atoms with Crippen LogP contribution in [0.4, 0.5) is 0 Å². The van der Waals surface area contributed by atoms with Gasteiger partial charge in [0.15, 0.2) is 0 Å². The van der Waals surface area contributed by atoms with Gasteiger partial charge < -0.3 is 25.6 Å². The summed E-state index contributed by atoms with van der Waals surface area (Å²) in [6.07, 6.45) is 0.728. The molecule has 0 aliphatic rings. The first-order chi connectivity index (χ1) is 17.1. The van der Waals surface area contributed by atoms with Gasteiger partial charge in [0.05, 0.1) is 12.6 Å². The largest absolute Gasteiger partial charge is 0.460 e. The van der Waals surface area contributed by atoms with E-state index in [4.69, 9.17) is 56.9 Å². The Bertz CT molecular complexity index is 940. The number of alkyl halides is 3. The molecule has 9 nitrogen and oxygen atoms in total.